The van der Waals surface area contributed by atoms with E-state index in [1.165, 1.54) is 23.1 Å². The highest BCUT2D eigenvalue weighted by atomic mass is 32.2. The van der Waals surface area contributed by atoms with Crippen molar-refractivity contribution < 1.29 is 4.79 Å². The molecule has 4 aromatic rings. The van der Waals surface area contributed by atoms with E-state index >= 15 is 0 Å². The van der Waals surface area contributed by atoms with Crippen molar-refractivity contribution in [2.24, 2.45) is 0 Å². The van der Waals surface area contributed by atoms with E-state index in [-0.39, 0.29) is 11.5 Å². The zero-order chi connectivity index (χ0) is 22.7. The van der Waals surface area contributed by atoms with Crippen molar-refractivity contribution in [3.63, 3.8) is 0 Å². The van der Waals surface area contributed by atoms with E-state index in [1.54, 1.807) is 0 Å². The highest BCUT2D eigenvalue weighted by Gasteiger charge is 2.25. The first-order chi connectivity index (χ1) is 15.5. The van der Waals surface area contributed by atoms with Gasteiger partial charge in [0.15, 0.2) is 22.7 Å². The Labute approximate surface area is 195 Å². The summed E-state index contributed by atoms with van der Waals surface area (Å²) in [6, 6.07) is 18.3. The quantitative estimate of drug-likeness (QED) is 0.349. The fraction of sp³-hybridized carbons (Fsp3) is 0.208. The summed E-state index contributed by atoms with van der Waals surface area (Å²) in [7, 11) is 0. The monoisotopic (exact) mass is 459 g/mol. The number of ketones is 1. The maximum absolute atomic E-state index is 12.8. The van der Waals surface area contributed by atoms with Crippen molar-refractivity contribution in [2.75, 3.05) is 5.75 Å². The zero-order valence-electron chi connectivity index (χ0n) is 17.9. The van der Waals surface area contributed by atoms with E-state index in [0.717, 1.165) is 28.1 Å². The van der Waals surface area contributed by atoms with Crippen LogP contribution in [0.1, 0.15) is 27.7 Å². The van der Waals surface area contributed by atoms with Crippen LogP contribution in [0.3, 0.4) is 0 Å². The second-order valence-corrected chi connectivity index (χ2v) is 9.32. The molecule has 1 atom stereocenters. The number of rotatable bonds is 7. The second kappa shape index (κ2) is 9.47. The summed E-state index contributed by atoms with van der Waals surface area (Å²) in [5.41, 5.74) is 4.98. The number of thiazole rings is 1. The van der Waals surface area contributed by atoms with Gasteiger partial charge in [0.2, 0.25) is 0 Å². The van der Waals surface area contributed by atoms with Crippen molar-refractivity contribution >= 4 is 28.9 Å². The molecule has 2 heterocycles. The molecule has 1 unspecified atom stereocenters. The summed E-state index contributed by atoms with van der Waals surface area (Å²) >= 11 is 2.62. The average Bonchev–Trinajstić information content (AvgIpc) is 3.40. The predicted molar refractivity (Wildman–Crippen MR) is 127 cm³/mol. The first-order valence-electron chi connectivity index (χ1n) is 10.0. The molecule has 2 aromatic heterocycles. The van der Waals surface area contributed by atoms with Gasteiger partial charge >= 0.3 is 0 Å². The van der Waals surface area contributed by atoms with E-state index in [4.69, 9.17) is 0 Å². The molecule has 32 heavy (non-hydrogen) atoms. The molecule has 0 aliphatic carbocycles. The number of thioether (sulfide) groups is 1. The van der Waals surface area contributed by atoms with Crippen molar-refractivity contribution in [1.82, 2.24) is 19.7 Å². The number of carbonyl (C=O) groups excluding carboxylic acids is 1. The van der Waals surface area contributed by atoms with Crippen LogP contribution < -0.4 is 0 Å². The number of Topliss-reactive ketones (excluding diaryl/α,β-unsaturated/α-hetero) is 1. The highest BCUT2D eigenvalue weighted by Crippen LogP contribution is 2.30. The standard InChI is InChI=1S/C24H21N5OS2/c1-15-4-8-18(9-5-15)22-27-28-24(29(22)19-10-6-16(2)7-11-19)32-14-21(30)20(12-25)23-26-17(3)13-31-23/h4-11,13,20H,14H2,1-3H3. The molecule has 4 rings (SSSR count). The van der Waals surface area contributed by atoms with Crippen LogP contribution in [-0.2, 0) is 4.79 Å². The molecular formula is C24H21N5OS2. The van der Waals surface area contributed by atoms with Crippen molar-refractivity contribution in [3.05, 3.63) is 75.7 Å². The summed E-state index contributed by atoms with van der Waals surface area (Å²) in [4.78, 5) is 17.1. The van der Waals surface area contributed by atoms with Crippen LogP contribution in [0.2, 0.25) is 0 Å². The maximum Gasteiger partial charge on any atom is 0.196 e. The van der Waals surface area contributed by atoms with Crippen LogP contribution in [-0.4, -0.2) is 31.3 Å². The summed E-state index contributed by atoms with van der Waals surface area (Å²) in [6.07, 6.45) is 0. The molecular weight excluding hydrogens is 438 g/mol. The minimum Gasteiger partial charge on any atom is -0.297 e. The maximum atomic E-state index is 12.8. The van der Waals surface area contributed by atoms with Gasteiger partial charge in [0.1, 0.15) is 5.01 Å². The number of hydrogen-bond donors (Lipinski definition) is 0. The van der Waals surface area contributed by atoms with Gasteiger partial charge in [0, 0.05) is 22.3 Å². The molecule has 0 radical (unpaired) electrons. The Kier molecular flexibility index (Phi) is 6.49. The summed E-state index contributed by atoms with van der Waals surface area (Å²) < 4.78 is 1.96. The SMILES string of the molecule is Cc1ccc(-c2nnc(SCC(=O)C(C#N)c3nc(C)cs3)n2-c2ccc(C)cc2)cc1. The van der Waals surface area contributed by atoms with E-state index in [2.05, 4.69) is 21.3 Å². The van der Waals surface area contributed by atoms with Gasteiger partial charge in [-0.3, -0.25) is 9.36 Å². The topological polar surface area (TPSA) is 84.5 Å². The lowest BCUT2D eigenvalue weighted by Gasteiger charge is -2.11. The average molecular weight is 460 g/mol. The van der Waals surface area contributed by atoms with Crippen molar-refractivity contribution in [1.29, 1.82) is 5.26 Å². The Balaban J connectivity index is 1.65. The van der Waals surface area contributed by atoms with Crippen LogP contribution in [0.4, 0.5) is 0 Å². The lowest BCUT2D eigenvalue weighted by Crippen LogP contribution is -2.13. The molecule has 0 aliphatic heterocycles. The Morgan fingerprint density at radius 1 is 1.06 bits per heavy atom. The Hall–Kier alpha value is -3.28. The molecule has 0 saturated heterocycles. The van der Waals surface area contributed by atoms with E-state index in [9.17, 15) is 10.1 Å². The number of aromatic nitrogens is 4. The molecule has 0 saturated carbocycles. The fourth-order valence-electron chi connectivity index (χ4n) is 3.17. The summed E-state index contributed by atoms with van der Waals surface area (Å²) in [6.45, 7) is 5.93. The smallest absolute Gasteiger partial charge is 0.196 e. The molecule has 2 aromatic carbocycles. The van der Waals surface area contributed by atoms with Gasteiger partial charge in [-0.05, 0) is 32.9 Å². The lowest BCUT2D eigenvalue weighted by atomic mass is 10.1. The van der Waals surface area contributed by atoms with Gasteiger partial charge in [-0.15, -0.1) is 21.5 Å². The van der Waals surface area contributed by atoms with Gasteiger partial charge in [-0.25, -0.2) is 4.98 Å². The highest BCUT2D eigenvalue weighted by molar-refractivity contribution is 7.99. The van der Waals surface area contributed by atoms with Crippen LogP contribution >= 0.6 is 23.1 Å². The van der Waals surface area contributed by atoms with Crippen molar-refractivity contribution in [2.45, 2.75) is 31.8 Å². The van der Waals surface area contributed by atoms with E-state index in [1.807, 2.05) is 79.2 Å². The third-order valence-corrected chi connectivity index (χ3v) is 6.89. The number of benzene rings is 2. The second-order valence-electron chi connectivity index (χ2n) is 7.49. The van der Waals surface area contributed by atoms with Gasteiger partial charge < -0.3 is 0 Å². The third-order valence-electron chi connectivity index (χ3n) is 4.91. The van der Waals surface area contributed by atoms with Crippen LogP contribution in [0, 0.1) is 32.1 Å². The van der Waals surface area contributed by atoms with Crippen LogP contribution in [0.15, 0.2) is 59.1 Å². The van der Waals surface area contributed by atoms with E-state index < -0.39 is 5.92 Å². The fourth-order valence-corrected chi connectivity index (χ4v) is 4.89. The molecule has 6 nitrogen and oxygen atoms in total. The Bertz CT molecular complexity index is 1280. The molecule has 160 valence electrons. The number of nitriles is 1. The van der Waals surface area contributed by atoms with Gasteiger partial charge in [-0.2, -0.15) is 5.26 Å². The van der Waals surface area contributed by atoms with Crippen LogP contribution in [0.25, 0.3) is 17.1 Å². The molecule has 8 heteroatoms. The number of hydrogen-bond acceptors (Lipinski definition) is 7. The Morgan fingerprint density at radius 3 is 2.31 bits per heavy atom. The summed E-state index contributed by atoms with van der Waals surface area (Å²) in [5, 5.41) is 21.3. The molecule has 0 spiro atoms. The molecule has 0 N–H and O–H groups in total. The molecule has 0 bridgehead atoms. The normalized spacial score (nSPS) is 11.8. The Morgan fingerprint density at radius 2 is 1.72 bits per heavy atom. The molecule has 0 aliphatic rings. The largest absolute Gasteiger partial charge is 0.297 e. The van der Waals surface area contributed by atoms with Crippen molar-refractivity contribution in [3.8, 4) is 23.1 Å². The zero-order valence-corrected chi connectivity index (χ0v) is 19.6. The third kappa shape index (κ3) is 4.64. The number of aryl methyl sites for hydroxylation is 3. The molecule has 0 amide bonds. The predicted octanol–water partition coefficient (Wildman–Crippen LogP) is 5.28. The van der Waals surface area contributed by atoms with Gasteiger partial charge in [0.05, 0.1) is 11.8 Å². The molecule has 0 fully saturated rings. The van der Waals surface area contributed by atoms with Gasteiger partial charge in [-0.1, -0.05) is 59.3 Å². The number of nitrogens with zero attached hydrogens (tertiary/aromatic N) is 5. The number of carbonyl (C=O) groups is 1. The minimum atomic E-state index is -0.867. The van der Waals surface area contributed by atoms with Gasteiger partial charge in [0.25, 0.3) is 0 Å². The van der Waals surface area contributed by atoms with Crippen LogP contribution in [0.5, 0.6) is 0 Å². The first kappa shape index (κ1) is 21.9. The minimum absolute atomic E-state index is 0.106. The summed E-state index contributed by atoms with van der Waals surface area (Å²) in [5.74, 6) is -0.249. The van der Waals surface area contributed by atoms with E-state index in [0.29, 0.717) is 16.0 Å². The lowest BCUT2D eigenvalue weighted by molar-refractivity contribution is -0.116. The first-order valence-corrected chi connectivity index (χ1v) is 11.9.